The number of rotatable bonds is 9. The average Bonchev–Trinajstić information content (AvgIpc) is 3.53. The zero-order chi connectivity index (χ0) is 36.9. The SMILES string of the molecule is [C-]#[N+]c1ccc(-c2ccc3c(c2)C(CC)(CC)c2c4c(c5cc(OC)c(OC)cc5c2-3)OC(c2ccc(OC)cc2)(c2ccc(OC)cc2)C=C4)cc1. The minimum Gasteiger partial charge on any atom is -0.497 e. The molecule has 0 amide bonds. The van der Waals surface area contributed by atoms with Crippen molar-refractivity contribution < 1.29 is 23.7 Å². The third kappa shape index (κ3) is 5.06. The summed E-state index contributed by atoms with van der Waals surface area (Å²) in [4.78, 5) is 3.60. The Hall–Kier alpha value is -6.19. The van der Waals surface area contributed by atoms with E-state index in [-0.39, 0.29) is 5.41 Å². The zero-order valence-corrected chi connectivity index (χ0v) is 30.9. The minimum absolute atomic E-state index is 0.295. The first-order chi connectivity index (χ1) is 25.9. The molecule has 0 spiro atoms. The van der Waals surface area contributed by atoms with Gasteiger partial charge >= 0.3 is 0 Å². The Balaban J connectivity index is 1.44. The molecular formula is C47H41NO5. The molecule has 1 aliphatic heterocycles. The summed E-state index contributed by atoms with van der Waals surface area (Å²) in [5, 5.41) is 1.99. The van der Waals surface area contributed by atoms with Gasteiger partial charge in [0.15, 0.2) is 22.8 Å². The quantitative estimate of drug-likeness (QED) is 0.141. The first-order valence-electron chi connectivity index (χ1n) is 17.9. The van der Waals surface area contributed by atoms with Gasteiger partial charge in [-0.15, -0.1) is 0 Å². The Morgan fingerprint density at radius 2 is 1.21 bits per heavy atom. The first kappa shape index (κ1) is 33.9. The van der Waals surface area contributed by atoms with Gasteiger partial charge in [0.25, 0.3) is 0 Å². The van der Waals surface area contributed by atoms with Crippen molar-refractivity contribution in [2.45, 2.75) is 37.7 Å². The summed E-state index contributed by atoms with van der Waals surface area (Å²) >= 11 is 0. The molecule has 0 bridgehead atoms. The molecule has 0 saturated carbocycles. The van der Waals surface area contributed by atoms with Crippen LogP contribution < -0.4 is 23.7 Å². The number of ether oxygens (including phenoxy) is 5. The van der Waals surface area contributed by atoms with Crippen LogP contribution in [0, 0.1) is 6.57 Å². The van der Waals surface area contributed by atoms with Gasteiger partial charge in [0, 0.05) is 27.5 Å². The molecule has 2 aliphatic rings. The van der Waals surface area contributed by atoms with Gasteiger partial charge in [-0.1, -0.05) is 80.6 Å². The lowest BCUT2D eigenvalue weighted by molar-refractivity contribution is 0.163. The van der Waals surface area contributed by atoms with E-state index in [9.17, 15) is 0 Å². The van der Waals surface area contributed by atoms with E-state index < -0.39 is 5.60 Å². The highest BCUT2D eigenvalue weighted by atomic mass is 16.5. The molecule has 0 fully saturated rings. The van der Waals surface area contributed by atoms with Gasteiger partial charge in [-0.05, 0) is 100 Å². The van der Waals surface area contributed by atoms with Gasteiger partial charge < -0.3 is 23.7 Å². The van der Waals surface area contributed by atoms with E-state index in [0.717, 1.165) is 68.7 Å². The lowest BCUT2D eigenvalue weighted by Crippen LogP contribution is -2.35. The second-order valence-electron chi connectivity index (χ2n) is 13.6. The van der Waals surface area contributed by atoms with Crippen molar-refractivity contribution in [3.05, 3.63) is 148 Å². The Morgan fingerprint density at radius 3 is 1.74 bits per heavy atom. The number of hydrogen-bond acceptors (Lipinski definition) is 5. The molecule has 6 aromatic carbocycles. The van der Waals surface area contributed by atoms with Crippen molar-refractivity contribution in [3.63, 3.8) is 0 Å². The molecule has 0 saturated heterocycles. The number of methoxy groups -OCH3 is 4. The molecule has 0 N–H and O–H groups in total. The summed E-state index contributed by atoms with van der Waals surface area (Å²) in [5.74, 6) is 3.63. The van der Waals surface area contributed by atoms with Crippen LogP contribution >= 0.6 is 0 Å². The Labute approximate surface area is 311 Å². The molecule has 1 heterocycles. The molecule has 264 valence electrons. The predicted octanol–water partition coefficient (Wildman–Crippen LogP) is 11.5. The number of benzene rings is 6. The maximum atomic E-state index is 7.56. The number of nitrogens with zero attached hydrogens (tertiary/aromatic N) is 1. The van der Waals surface area contributed by atoms with Crippen molar-refractivity contribution >= 4 is 22.5 Å². The van der Waals surface area contributed by atoms with E-state index in [0.29, 0.717) is 17.2 Å². The van der Waals surface area contributed by atoms with Gasteiger partial charge in [-0.25, -0.2) is 4.85 Å². The maximum Gasteiger partial charge on any atom is 0.187 e. The van der Waals surface area contributed by atoms with Crippen LogP contribution in [-0.4, -0.2) is 28.4 Å². The summed E-state index contributed by atoms with van der Waals surface area (Å²) in [6.45, 7) is 12.0. The first-order valence-corrected chi connectivity index (χ1v) is 17.9. The Kier molecular flexibility index (Phi) is 8.38. The molecule has 6 nitrogen and oxygen atoms in total. The van der Waals surface area contributed by atoms with E-state index in [2.05, 4.69) is 85.4 Å². The second kappa shape index (κ2) is 13.1. The van der Waals surface area contributed by atoms with E-state index in [1.165, 1.54) is 22.3 Å². The third-order valence-corrected chi connectivity index (χ3v) is 11.4. The summed E-state index contributed by atoms with van der Waals surface area (Å²) in [6.07, 6.45) is 6.27. The molecule has 6 aromatic rings. The van der Waals surface area contributed by atoms with Crippen molar-refractivity contribution in [2.75, 3.05) is 28.4 Å². The summed E-state index contributed by atoms with van der Waals surface area (Å²) < 4.78 is 30.5. The topological polar surface area (TPSA) is 50.5 Å². The second-order valence-corrected chi connectivity index (χ2v) is 13.6. The fourth-order valence-corrected chi connectivity index (χ4v) is 8.58. The normalized spacial score (nSPS) is 14.4. The Morgan fingerprint density at radius 1 is 0.642 bits per heavy atom. The number of hydrogen-bond donors (Lipinski definition) is 0. The average molecular weight is 700 g/mol. The van der Waals surface area contributed by atoms with Crippen LogP contribution in [0.2, 0.25) is 0 Å². The predicted molar refractivity (Wildman–Crippen MR) is 212 cm³/mol. The largest absolute Gasteiger partial charge is 0.497 e. The van der Waals surface area contributed by atoms with Crippen LogP contribution in [-0.2, 0) is 11.0 Å². The molecule has 0 radical (unpaired) electrons. The Bertz CT molecular complexity index is 2390. The van der Waals surface area contributed by atoms with Crippen molar-refractivity contribution in [3.8, 4) is 51.0 Å². The van der Waals surface area contributed by atoms with Crippen molar-refractivity contribution in [2.24, 2.45) is 0 Å². The lowest BCUT2D eigenvalue weighted by atomic mass is 9.70. The molecular weight excluding hydrogens is 659 g/mol. The molecule has 0 unspecified atom stereocenters. The standard InChI is InChI=1S/C47H41NO5/c1-8-46(9-2)40-26-30(29-10-17-33(48-3)18-11-29)12-23-36(40)43-38-27-41(51-6)42(52-7)28-39(38)45-37(44(43)46)24-25-47(53-45,31-13-19-34(49-4)20-14-31)32-15-21-35(50-5)22-16-32/h10-28H,8-9H2,1-2,4-7H3. The highest BCUT2D eigenvalue weighted by molar-refractivity contribution is 6.10. The van der Waals surface area contributed by atoms with Gasteiger partial charge in [-0.2, -0.15) is 0 Å². The fraction of sp³-hybridized carbons (Fsp3) is 0.213. The van der Waals surface area contributed by atoms with Crippen LogP contribution in [0.25, 0.3) is 43.9 Å². The molecule has 0 atom stereocenters. The zero-order valence-electron chi connectivity index (χ0n) is 30.9. The molecule has 0 aromatic heterocycles. The van der Waals surface area contributed by atoms with Crippen LogP contribution in [0.1, 0.15) is 54.5 Å². The summed E-state index contributed by atoms with van der Waals surface area (Å²) in [5.41, 5.74) is 9.56. The highest BCUT2D eigenvalue weighted by Gasteiger charge is 2.47. The smallest absolute Gasteiger partial charge is 0.187 e. The van der Waals surface area contributed by atoms with Crippen LogP contribution in [0.3, 0.4) is 0 Å². The molecule has 6 heteroatoms. The van der Waals surface area contributed by atoms with Gasteiger partial charge in [0.1, 0.15) is 17.2 Å². The van der Waals surface area contributed by atoms with Crippen LogP contribution in [0.5, 0.6) is 28.7 Å². The molecule has 53 heavy (non-hydrogen) atoms. The van der Waals surface area contributed by atoms with E-state index >= 15 is 0 Å². The minimum atomic E-state index is -0.961. The third-order valence-electron chi connectivity index (χ3n) is 11.4. The van der Waals surface area contributed by atoms with Crippen molar-refractivity contribution in [1.29, 1.82) is 0 Å². The van der Waals surface area contributed by atoms with E-state index in [4.69, 9.17) is 30.3 Å². The fourth-order valence-electron chi connectivity index (χ4n) is 8.58. The van der Waals surface area contributed by atoms with Crippen LogP contribution in [0.15, 0.2) is 109 Å². The van der Waals surface area contributed by atoms with Gasteiger partial charge in [-0.3, -0.25) is 0 Å². The maximum absolute atomic E-state index is 7.56. The van der Waals surface area contributed by atoms with Gasteiger partial charge in [0.05, 0.1) is 35.0 Å². The monoisotopic (exact) mass is 699 g/mol. The van der Waals surface area contributed by atoms with Crippen molar-refractivity contribution in [1.82, 2.24) is 0 Å². The number of fused-ring (bicyclic) bond motifs is 8. The molecule has 8 rings (SSSR count). The molecule has 1 aliphatic carbocycles. The van der Waals surface area contributed by atoms with Crippen LogP contribution in [0.4, 0.5) is 5.69 Å². The summed E-state index contributed by atoms with van der Waals surface area (Å²) in [7, 11) is 6.71. The van der Waals surface area contributed by atoms with E-state index in [1.807, 2.05) is 48.5 Å². The lowest BCUT2D eigenvalue weighted by Gasteiger charge is -2.39. The summed E-state index contributed by atoms with van der Waals surface area (Å²) in [6, 6.07) is 35.1. The van der Waals surface area contributed by atoms with Gasteiger partial charge in [0.2, 0.25) is 0 Å². The highest BCUT2D eigenvalue weighted by Crippen LogP contribution is 2.61. The van der Waals surface area contributed by atoms with E-state index in [1.54, 1.807) is 28.4 Å².